The summed E-state index contributed by atoms with van der Waals surface area (Å²) in [7, 11) is 0. The minimum atomic E-state index is -1.38. The molecule has 0 radical (unpaired) electrons. The van der Waals surface area contributed by atoms with Gasteiger partial charge in [0.05, 0.1) is 24.3 Å². The van der Waals surface area contributed by atoms with E-state index in [1.165, 1.54) is 4.90 Å². The van der Waals surface area contributed by atoms with E-state index >= 15 is 0 Å². The highest BCUT2D eigenvalue weighted by Crippen LogP contribution is 2.39. The Kier molecular flexibility index (Phi) is 8.13. The number of carbonyl (C=O) groups excluding carboxylic acids is 3. The molecule has 5 atom stereocenters. The Morgan fingerprint density at radius 2 is 1.92 bits per heavy atom. The van der Waals surface area contributed by atoms with Crippen LogP contribution in [-0.2, 0) is 19.2 Å². The fourth-order valence-electron chi connectivity index (χ4n) is 5.06. The van der Waals surface area contributed by atoms with Crippen molar-refractivity contribution in [3.8, 4) is 0 Å². The number of nitrogens with one attached hydrogen (secondary N) is 2. The number of aliphatic hydroxyl groups excluding tert-OH is 1. The fraction of sp³-hybridized carbons (Fsp3) is 0.643. The third-order valence-corrected chi connectivity index (χ3v) is 7.63. The van der Waals surface area contributed by atoms with Gasteiger partial charge in [-0.3, -0.25) is 14.4 Å². The molecule has 10 heteroatoms. The molecule has 2 heterocycles. The van der Waals surface area contributed by atoms with Gasteiger partial charge in [0.15, 0.2) is 11.7 Å². The second-order valence-electron chi connectivity index (χ2n) is 12.0. The SMILES string of the molecule is CCC[C@H](NC(=O)[C@@H]1C[C@]2(CC(c3ccccc3)=NO2)CN1C(=O)[C@@H](N)C(C)(C)C)C(O)C(=O)NC1CC1. The Morgan fingerprint density at radius 3 is 2.53 bits per heavy atom. The highest BCUT2D eigenvalue weighted by atomic mass is 16.7. The topological polar surface area (TPSA) is 146 Å². The maximum Gasteiger partial charge on any atom is 0.251 e. The van der Waals surface area contributed by atoms with E-state index in [0.717, 1.165) is 24.1 Å². The zero-order chi connectivity index (χ0) is 27.7. The Bertz CT molecular complexity index is 1070. The summed E-state index contributed by atoms with van der Waals surface area (Å²) in [6.07, 6.45) is 2.15. The molecule has 3 amide bonds. The molecule has 0 bridgehead atoms. The van der Waals surface area contributed by atoms with Crippen LogP contribution in [-0.4, -0.2) is 75.9 Å². The summed E-state index contributed by atoms with van der Waals surface area (Å²) in [6.45, 7) is 7.72. The molecular weight excluding hydrogens is 486 g/mol. The standard InChI is InChI=1S/C28H41N5O5/c1-5-9-19(22(34)25(36)30-18-12-13-18)31-24(35)21-15-28(16-33(21)26(37)23(29)27(2,3)4)14-20(32-38-28)17-10-7-6-8-11-17/h6-8,10-11,18-19,21-23,34H,5,9,12-16,29H2,1-4H3,(H,30,36)(H,31,35)/t19-,21-,22?,23+,28+/m0/s1. The molecule has 208 valence electrons. The second kappa shape index (κ2) is 11.0. The summed E-state index contributed by atoms with van der Waals surface area (Å²) in [6, 6.07) is 7.27. The lowest BCUT2D eigenvalue weighted by Gasteiger charge is -2.33. The number of amides is 3. The number of hydrogen-bond acceptors (Lipinski definition) is 7. The van der Waals surface area contributed by atoms with Gasteiger partial charge in [-0.15, -0.1) is 0 Å². The number of oxime groups is 1. The van der Waals surface area contributed by atoms with E-state index in [1.54, 1.807) is 0 Å². The van der Waals surface area contributed by atoms with Gasteiger partial charge in [-0.05, 0) is 30.2 Å². The predicted octanol–water partition coefficient (Wildman–Crippen LogP) is 1.45. The van der Waals surface area contributed by atoms with Gasteiger partial charge in [0.25, 0.3) is 5.91 Å². The van der Waals surface area contributed by atoms with Crippen molar-refractivity contribution < 1.29 is 24.3 Å². The van der Waals surface area contributed by atoms with Crippen molar-refractivity contribution in [3.63, 3.8) is 0 Å². The maximum atomic E-state index is 13.7. The third kappa shape index (κ3) is 6.18. The molecule has 1 spiro atoms. The van der Waals surface area contributed by atoms with Crippen molar-refractivity contribution in [2.45, 2.75) is 102 Å². The number of benzene rings is 1. The molecule has 1 saturated heterocycles. The van der Waals surface area contributed by atoms with Gasteiger partial charge in [-0.25, -0.2) is 0 Å². The van der Waals surface area contributed by atoms with Gasteiger partial charge >= 0.3 is 0 Å². The quantitative estimate of drug-likeness (QED) is 0.382. The van der Waals surface area contributed by atoms with E-state index in [1.807, 2.05) is 58.0 Å². The van der Waals surface area contributed by atoms with Gasteiger partial charge in [0.1, 0.15) is 6.04 Å². The van der Waals surface area contributed by atoms with Crippen LogP contribution in [0.4, 0.5) is 0 Å². The number of nitrogens with zero attached hydrogens (tertiary/aromatic N) is 2. The first kappa shape index (κ1) is 28.0. The number of aliphatic hydroxyl groups is 1. The van der Waals surface area contributed by atoms with Gasteiger partial charge in [-0.1, -0.05) is 69.6 Å². The summed E-state index contributed by atoms with van der Waals surface area (Å²) >= 11 is 0. The van der Waals surface area contributed by atoms with Crippen molar-refractivity contribution in [2.75, 3.05) is 6.54 Å². The van der Waals surface area contributed by atoms with Crippen LogP contribution in [0, 0.1) is 5.41 Å². The Balaban J connectivity index is 1.54. The predicted molar refractivity (Wildman–Crippen MR) is 143 cm³/mol. The molecule has 10 nitrogen and oxygen atoms in total. The van der Waals surface area contributed by atoms with E-state index in [9.17, 15) is 19.5 Å². The van der Waals surface area contributed by atoms with Gasteiger partial charge in [-0.2, -0.15) is 0 Å². The lowest BCUT2D eigenvalue weighted by atomic mass is 9.86. The first-order valence-corrected chi connectivity index (χ1v) is 13.6. The van der Waals surface area contributed by atoms with Crippen LogP contribution in [0.25, 0.3) is 0 Å². The lowest BCUT2D eigenvalue weighted by molar-refractivity contribution is -0.142. The van der Waals surface area contributed by atoms with Crippen molar-refractivity contribution in [3.05, 3.63) is 35.9 Å². The maximum absolute atomic E-state index is 13.7. The van der Waals surface area contributed by atoms with E-state index < -0.39 is 47.1 Å². The van der Waals surface area contributed by atoms with Crippen LogP contribution >= 0.6 is 0 Å². The van der Waals surface area contributed by atoms with E-state index in [2.05, 4.69) is 15.8 Å². The molecule has 38 heavy (non-hydrogen) atoms. The average Bonchev–Trinajstić information content (AvgIpc) is 3.48. The molecule has 1 unspecified atom stereocenters. The zero-order valence-corrected chi connectivity index (χ0v) is 22.8. The van der Waals surface area contributed by atoms with Gasteiger partial charge < -0.3 is 31.2 Å². The Morgan fingerprint density at radius 1 is 1.24 bits per heavy atom. The summed E-state index contributed by atoms with van der Waals surface area (Å²) in [5.74, 6) is -1.27. The number of likely N-dealkylation sites (tertiary alicyclic amines) is 1. The summed E-state index contributed by atoms with van der Waals surface area (Å²) in [4.78, 5) is 47.3. The van der Waals surface area contributed by atoms with Gasteiger partial charge in [0, 0.05) is 18.9 Å². The van der Waals surface area contributed by atoms with Crippen LogP contribution in [0.2, 0.25) is 0 Å². The number of hydrogen-bond donors (Lipinski definition) is 4. The fourth-order valence-corrected chi connectivity index (χ4v) is 5.06. The van der Waals surface area contributed by atoms with Crippen LogP contribution in [0.5, 0.6) is 0 Å². The van der Waals surface area contributed by atoms with E-state index in [4.69, 9.17) is 10.6 Å². The average molecular weight is 528 g/mol. The van der Waals surface area contributed by atoms with E-state index in [0.29, 0.717) is 19.3 Å². The highest BCUT2D eigenvalue weighted by Gasteiger charge is 2.55. The van der Waals surface area contributed by atoms with E-state index in [-0.39, 0.29) is 24.9 Å². The van der Waals surface area contributed by atoms with Crippen LogP contribution in [0.3, 0.4) is 0 Å². The molecule has 1 aromatic carbocycles. The first-order chi connectivity index (χ1) is 17.9. The summed E-state index contributed by atoms with van der Waals surface area (Å²) in [5.41, 5.74) is 6.66. The Hall–Kier alpha value is -2.98. The molecule has 1 aromatic rings. The molecule has 1 saturated carbocycles. The smallest absolute Gasteiger partial charge is 0.251 e. The molecule has 1 aliphatic carbocycles. The Labute approximate surface area is 224 Å². The largest absolute Gasteiger partial charge is 0.387 e. The normalized spacial score (nSPS) is 25.4. The summed E-state index contributed by atoms with van der Waals surface area (Å²) < 4.78 is 0. The van der Waals surface area contributed by atoms with Gasteiger partial charge in [0.2, 0.25) is 11.8 Å². The number of nitrogens with two attached hydrogens (primary N) is 1. The second-order valence-corrected chi connectivity index (χ2v) is 12.0. The molecule has 5 N–H and O–H groups in total. The number of rotatable bonds is 9. The third-order valence-electron chi connectivity index (χ3n) is 7.63. The molecule has 2 fully saturated rings. The van der Waals surface area contributed by atoms with Crippen LogP contribution < -0.4 is 16.4 Å². The molecule has 2 aliphatic heterocycles. The highest BCUT2D eigenvalue weighted by molar-refractivity contribution is 6.02. The monoisotopic (exact) mass is 527 g/mol. The zero-order valence-electron chi connectivity index (χ0n) is 22.8. The van der Waals surface area contributed by atoms with Crippen molar-refractivity contribution in [1.29, 1.82) is 0 Å². The van der Waals surface area contributed by atoms with Crippen LogP contribution in [0.1, 0.15) is 71.8 Å². The van der Waals surface area contributed by atoms with Crippen molar-refractivity contribution in [2.24, 2.45) is 16.3 Å². The van der Waals surface area contributed by atoms with Crippen molar-refractivity contribution in [1.82, 2.24) is 15.5 Å². The molecule has 0 aromatic heterocycles. The van der Waals surface area contributed by atoms with Crippen molar-refractivity contribution >= 4 is 23.4 Å². The molecule has 4 rings (SSSR count). The molecular formula is C28H41N5O5. The minimum Gasteiger partial charge on any atom is -0.387 e. The summed E-state index contributed by atoms with van der Waals surface area (Å²) in [5, 5.41) is 20.7. The minimum absolute atomic E-state index is 0.0927. The lowest BCUT2D eigenvalue weighted by Crippen LogP contribution is -2.58. The van der Waals surface area contributed by atoms with Crippen LogP contribution in [0.15, 0.2) is 35.5 Å². The number of carbonyl (C=O) groups is 3. The molecule has 3 aliphatic rings. The first-order valence-electron chi connectivity index (χ1n) is 13.6.